The fourth-order valence-corrected chi connectivity index (χ4v) is 8.30. The van der Waals surface area contributed by atoms with E-state index in [1.165, 1.54) is 73.3 Å². The minimum atomic E-state index is -1.51. The number of anilines is 1. The second kappa shape index (κ2) is 15.6. The third-order valence-electron chi connectivity index (χ3n) is 6.29. The molecule has 47 heavy (non-hydrogen) atoms. The van der Waals surface area contributed by atoms with E-state index in [4.69, 9.17) is 20.0 Å². The van der Waals surface area contributed by atoms with Crippen LogP contribution in [0.2, 0.25) is 0 Å². The van der Waals surface area contributed by atoms with Crippen LogP contribution in [0.15, 0.2) is 49.7 Å². The van der Waals surface area contributed by atoms with Gasteiger partial charge in [0, 0.05) is 41.7 Å². The molecule has 240 valence electrons. The van der Waals surface area contributed by atoms with E-state index in [9.17, 15) is 29.1 Å². The minimum absolute atomic E-state index is 0. The molecule has 0 unspecified atom stereocenters. The van der Waals surface area contributed by atoms with Crippen molar-refractivity contribution in [1.29, 1.82) is 0 Å². The molecule has 0 bridgehead atoms. The Hall–Kier alpha value is -3.46. The molecule has 15 nitrogen and oxygen atoms in total. The number of nitrogens with zero attached hydrogens (tertiary/aromatic N) is 4. The Balaban J connectivity index is 0.00000500. The Morgan fingerprint density at radius 2 is 1.85 bits per heavy atom. The fourth-order valence-electron chi connectivity index (χ4n) is 4.43. The number of amides is 2. The summed E-state index contributed by atoms with van der Waals surface area (Å²) in [6.07, 6.45) is 0. The van der Waals surface area contributed by atoms with Gasteiger partial charge in [0.2, 0.25) is 0 Å². The van der Waals surface area contributed by atoms with E-state index in [0.717, 1.165) is 16.2 Å². The molecule has 20 heteroatoms. The number of carboxylic acid groups (broad SMARTS) is 1. The summed E-state index contributed by atoms with van der Waals surface area (Å²) in [6, 6.07) is 3.67. The fraction of sp³-hybridized carbons (Fsp3) is 0.259. The first-order chi connectivity index (χ1) is 22.0. The second-order valence-corrected chi connectivity index (χ2v) is 13.5. The summed E-state index contributed by atoms with van der Waals surface area (Å²) in [5.41, 5.74) is 7.02. The van der Waals surface area contributed by atoms with E-state index in [0.29, 0.717) is 21.2 Å². The number of carbonyl (C=O) groups is 5. The van der Waals surface area contributed by atoms with Crippen LogP contribution in [0.4, 0.5) is 5.13 Å². The van der Waals surface area contributed by atoms with Crippen LogP contribution in [0.3, 0.4) is 0 Å². The zero-order valence-corrected chi connectivity index (χ0v) is 30.4. The molecule has 1 saturated heterocycles. The first-order valence-corrected chi connectivity index (χ1v) is 16.9. The topological polar surface area (TPSA) is 216 Å². The van der Waals surface area contributed by atoms with Gasteiger partial charge in [-0.15, -0.1) is 34.4 Å². The maximum atomic E-state index is 13.1. The molecular weight excluding hydrogens is 704 g/mol. The van der Waals surface area contributed by atoms with Gasteiger partial charge >= 0.3 is 41.5 Å². The molecule has 0 spiro atoms. The smallest absolute Gasteiger partial charge is 0.543 e. The van der Waals surface area contributed by atoms with Crippen molar-refractivity contribution >= 4 is 86.8 Å². The molecule has 1 aromatic carbocycles. The number of thiazole rings is 2. The van der Waals surface area contributed by atoms with E-state index >= 15 is 0 Å². The Morgan fingerprint density at radius 3 is 2.49 bits per heavy atom. The number of hydrogen-bond donors (Lipinski definition) is 2. The molecule has 2 aromatic heterocycles. The van der Waals surface area contributed by atoms with Crippen molar-refractivity contribution < 1.29 is 72.9 Å². The predicted molar refractivity (Wildman–Crippen MR) is 168 cm³/mol. The van der Waals surface area contributed by atoms with Crippen molar-refractivity contribution in [3.63, 3.8) is 0 Å². The number of oxime groups is 1. The summed E-state index contributed by atoms with van der Waals surface area (Å²) in [4.78, 5) is 75.8. The average molecular weight is 727 g/mol. The number of carbonyl (C=O) groups excluding carboxylic acids is 5. The maximum absolute atomic E-state index is 13.1. The molecule has 0 aliphatic carbocycles. The number of rotatable bonds is 11. The number of nitrogens with two attached hydrogens (primary N) is 1. The van der Waals surface area contributed by atoms with Gasteiger partial charge in [0.25, 0.3) is 11.8 Å². The van der Waals surface area contributed by atoms with Crippen LogP contribution in [0, 0.1) is 0 Å². The van der Waals surface area contributed by atoms with Crippen LogP contribution >= 0.6 is 46.2 Å². The van der Waals surface area contributed by atoms with Crippen LogP contribution in [-0.4, -0.2) is 80.3 Å². The molecule has 0 radical (unpaired) electrons. The molecule has 5 rings (SSSR count). The van der Waals surface area contributed by atoms with Crippen LogP contribution in [0.25, 0.3) is 11.3 Å². The van der Waals surface area contributed by atoms with Crippen molar-refractivity contribution in [3.8, 4) is 22.8 Å². The number of nitrogen functional groups attached to an aromatic ring is 1. The van der Waals surface area contributed by atoms with Crippen LogP contribution in [-0.2, 0) is 28.8 Å². The summed E-state index contributed by atoms with van der Waals surface area (Å²) < 4.78 is 10.9. The molecular formula is C27H23N6NaO9S4. The number of β-lactam (4-membered cyclic amide) rings is 1. The van der Waals surface area contributed by atoms with Crippen LogP contribution < -0.4 is 55.2 Å². The summed E-state index contributed by atoms with van der Waals surface area (Å²) in [5, 5.41) is 21.3. The van der Waals surface area contributed by atoms with Gasteiger partial charge in [-0.1, -0.05) is 16.9 Å². The molecule has 0 saturated carbocycles. The number of fused-ring (bicyclic) bond motifs is 1. The van der Waals surface area contributed by atoms with Crippen molar-refractivity contribution in [1.82, 2.24) is 20.2 Å². The maximum Gasteiger partial charge on any atom is 1.00 e. The third-order valence-corrected chi connectivity index (χ3v) is 10.4. The summed E-state index contributed by atoms with van der Waals surface area (Å²) >= 11 is 4.99. The minimum Gasteiger partial charge on any atom is -0.543 e. The number of nitrogens with one attached hydrogen (secondary N) is 1. The average Bonchev–Trinajstić information content (AvgIpc) is 3.66. The number of thioether (sulfide) groups is 2. The first kappa shape index (κ1) is 36.4. The number of aromatic nitrogens is 2. The SMILES string of the molecule is CON=C(C(=O)N[C@@H]1C(=O)N2C(C(=O)[O-])=C(CSc3nc(-c4ccc(OC(C)=O)c(OC(C)=O)c4)cs3)CS[C@@H]12)c1csc(N)n1.[Na+]. The summed E-state index contributed by atoms with van der Waals surface area (Å²) in [5.74, 6) is -3.41. The van der Waals surface area contributed by atoms with E-state index in [-0.39, 0.29) is 74.8 Å². The molecule has 2 atom stereocenters. The van der Waals surface area contributed by atoms with E-state index in [1.54, 1.807) is 11.4 Å². The van der Waals surface area contributed by atoms with Gasteiger partial charge in [-0.05, 0) is 23.8 Å². The predicted octanol–water partition coefficient (Wildman–Crippen LogP) is -1.75. The third kappa shape index (κ3) is 8.16. The Labute approximate surface area is 305 Å². The molecule has 1 fully saturated rings. The monoisotopic (exact) mass is 726 g/mol. The van der Waals surface area contributed by atoms with Crippen molar-refractivity contribution in [3.05, 3.63) is 45.9 Å². The van der Waals surface area contributed by atoms with Gasteiger partial charge in [-0.25, -0.2) is 9.97 Å². The zero-order valence-electron chi connectivity index (χ0n) is 25.1. The number of ether oxygens (including phenoxy) is 2. The first-order valence-electron chi connectivity index (χ1n) is 13.1. The van der Waals surface area contributed by atoms with E-state index in [1.807, 2.05) is 0 Å². The molecule has 2 aliphatic rings. The molecule has 3 aromatic rings. The number of benzene rings is 1. The van der Waals surface area contributed by atoms with Gasteiger partial charge in [-0.2, -0.15) is 0 Å². The van der Waals surface area contributed by atoms with E-state index in [2.05, 4.69) is 20.4 Å². The van der Waals surface area contributed by atoms with E-state index < -0.39 is 41.1 Å². The largest absolute Gasteiger partial charge is 1.00 e. The Kier molecular flexibility index (Phi) is 12.1. The van der Waals surface area contributed by atoms with Crippen molar-refractivity contribution in [2.45, 2.75) is 29.6 Å². The molecule has 4 heterocycles. The van der Waals surface area contributed by atoms with Crippen molar-refractivity contribution in [2.75, 3.05) is 24.3 Å². The van der Waals surface area contributed by atoms with Gasteiger partial charge in [0.15, 0.2) is 26.7 Å². The second-order valence-electron chi connectivity index (χ2n) is 9.43. The van der Waals surface area contributed by atoms with Crippen LogP contribution in [0.5, 0.6) is 11.5 Å². The zero-order chi connectivity index (χ0) is 33.1. The quantitative estimate of drug-likeness (QED) is 0.0427. The molecule has 2 amide bonds. The number of aliphatic carboxylic acids is 1. The number of carboxylic acids is 1. The molecule has 3 N–H and O–H groups in total. The van der Waals surface area contributed by atoms with Gasteiger partial charge in [0.05, 0.1) is 17.4 Å². The number of hydrogen-bond acceptors (Lipinski definition) is 17. The Bertz CT molecular complexity index is 1810. The standard InChI is InChI=1S/C27H24N6O9S4.Na/c1-11(34)41-17-5-4-13(6-18(17)42-12(2)35)15-9-46-27(30-15)45-8-14-7-43-24-20(23(37)33(24)21(14)25(38)39)31-22(36)19(32-40-3)16-10-44-26(28)29-16;/h4-6,9-10,20,24H,7-8H2,1-3H3,(H2,28,29)(H,31,36)(H,38,39);/q;+1/p-1/t20-,24+;/m1./s1. The van der Waals surface area contributed by atoms with Gasteiger partial charge in [-0.3, -0.25) is 24.1 Å². The van der Waals surface area contributed by atoms with Crippen LogP contribution in [0.1, 0.15) is 19.5 Å². The Morgan fingerprint density at radius 1 is 1.13 bits per heavy atom. The number of esters is 2. The van der Waals surface area contributed by atoms with Gasteiger partial charge in [0.1, 0.15) is 24.2 Å². The van der Waals surface area contributed by atoms with Gasteiger partial charge < -0.3 is 35.3 Å². The summed E-state index contributed by atoms with van der Waals surface area (Å²) in [7, 11) is 1.25. The normalized spacial score (nSPS) is 17.2. The summed E-state index contributed by atoms with van der Waals surface area (Å²) in [6.45, 7) is 2.45. The van der Waals surface area contributed by atoms with Crippen molar-refractivity contribution in [2.24, 2.45) is 5.16 Å². The molecule has 2 aliphatic heterocycles.